The summed E-state index contributed by atoms with van der Waals surface area (Å²) in [6, 6.07) is 0. The van der Waals surface area contributed by atoms with E-state index in [-0.39, 0.29) is 11.3 Å². The summed E-state index contributed by atoms with van der Waals surface area (Å²) in [7, 11) is 4.13. The van der Waals surface area contributed by atoms with Crippen LogP contribution in [0.25, 0.3) is 0 Å². The van der Waals surface area contributed by atoms with Crippen LogP contribution < -0.4 is 10.6 Å². The lowest BCUT2D eigenvalue weighted by Crippen LogP contribution is -2.42. The van der Waals surface area contributed by atoms with Crippen LogP contribution in [-0.4, -0.2) is 44.2 Å². The van der Waals surface area contributed by atoms with Crippen LogP contribution in [0.5, 0.6) is 0 Å². The number of amides is 1. The Hall–Kier alpha value is -0.870. The van der Waals surface area contributed by atoms with E-state index in [9.17, 15) is 4.79 Å². The number of rotatable bonds is 9. The van der Waals surface area contributed by atoms with E-state index in [2.05, 4.69) is 63.9 Å². The van der Waals surface area contributed by atoms with Crippen molar-refractivity contribution in [2.75, 3.05) is 27.2 Å². The van der Waals surface area contributed by atoms with E-state index >= 15 is 0 Å². The zero-order valence-electron chi connectivity index (χ0n) is 13.4. The summed E-state index contributed by atoms with van der Waals surface area (Å²) in [5.41, 5.74) is 0.0983. The molecule has 0 fully saturated rings. The van der Waals surface area contributed by atoms with Gasteiger partial charge < -0.3 is 10.6 Å². The molecule has 0 spiro atoms. The molecule has 2 atom stereocenters. The second-order valence-corrected chi connectivity index (χ2v) is 6.44. The Labute approximate surface area is 118 Å². The van der Waals surface area contributed by atoms with Gasteiger partial charge in [-0.3, -0.25) is 9.69 Å². The highest BCUT2D eigenvalue weighted by Crippen LogP contribution is 2.24. The highest BCUT2D eigenvalue weighted by molar-refractivity contribution is 5.86. The Morgan fingerprint density at radius 3 is 2.42 bits per heavy atom. The van der Waals surface area contributed by atoms with E-state index in [0.29, 0.717) is 18.6 Å². The van der Waals surface area contributed by atoms with E-state index in [1.165, 1.54) is 6.08 Å². The van der Waals surface area contributed by atoms with Gasteiger partial charge in [-0.25, -0.2) is 0 Å². The first-order chi connectivity index (χ1) is 8.68. The van der Waals surface area contributed by atoms with Crippen molar-refractivity contribution in [1.29, 1.82) is 0 Å². The van der Waals surface area contributed by atoms with Gasteiger partial charge in [0.05, 0.1) is 6.17 Å². The number of nitrogens with zero attached hydrogens (tertiary/aromatic N) is 1. The normalized spacial score (nSPS) is 15.1. The van der Waals surface area contributed by atoms with Gasteiger partial charge in [0.25, 0.3) is 0 Å². The summed E-state index contributed by atoms with van der Waals surface area (Å²) in [5.74, 6) is 0.470. The van der Waals surface area contributed by atoms with Gasteiger partial charge in [-0.05, 0) is 51.4 Å². The van der Waals surface area contributed by atoms with Crippen LogP contribution in [0.15, 0.2) is 12.7 Å². The summed E-state index contributed by atoms with van der Waals surface area (Å²) < 4.78 is 0. The van der Waals surface area contributed by atoms with Crippen molar-refractivity contribution in [3.8, 4) is 0 Å². The molecule has 0 saturated carbocycles. The number of carbonyl (C=O) groups excluding carboxylic acids is 1. The fraction of sp³-hybridized carbons (Fsp3) is 0.800. The van der Waals surface area contributed by atoms with Gasteiger partial charge in [0.2, 0.25) is 5.91 Å². The summed E-state index contributed by atoms with van der Waals surface area (Å²) in [6.07, 6.45) is 2.77. The van der Waals surface area contributed by atoms with Crippen LogP contribution >= 0.6 is 0 Å². The fourth-order valence-electron chi connectivity index (χ4n) is 2.04. The summed E-state index contributed by atoms with van der Waals surface area (Å²) in [4.78, 5) is 13.3. The molecule has 0 aromatic carbocycles. The molecule has 0 heterocycles. The van der Waals surface area contributed by atoms with Crippen LogP contribution in [0.3, 0.4) is 0 Å². The topological polar surface area (TPSA) is 44.4 Å². The minimum Gasteiger partial charge on any atom is -0.352 e. The largest absolute Gasteiger partial charge is 0.352 e. The van der Waals surface area contributed by atoms with Crippen molar-refractivity contribution >= 4 is 5.91 Å². The fourth-order valence-corrected chi connectivity index (χ4v) is 2.04. The molecule has 0 saturated heterocycles. The Bertz CT molecular complexity index is 287. The van der Waals surface area contributed by atoms with Crippen molar-refractivity contribution in [3.63, 3.8) is 0 Å². The molecule has 0 aliphatic rings. The molecule has 0 aromatic heterocycles. The molecule has 2 N–H and O–H groups in total. The molecular weight excluding hydrogens is 238 g/mol. The number of nitrogens with one attached hydrogen (secondary N) is 2. The van der Waals surface area contributed by atoms with Gasteiger partial charge in [0.15, 0.2) is 0 Å². The molecule has 0 aromatic rings. The first-order valence-corrected chi connectivity index (χ1v) is 6.98. The quantitative estimate of drug-likeness (QED) is 0.496. The molecule has 0 aliphatic carbocycles. The SMILES string of the molecule is C=CC(=O)NCC(C)(C)CC(C)CNC(C)N(C)C. The summed E-state index contributed by atoms with van der Waals surface area (Å²) in [5, 5.41) is 6.38. The second kappa shape index (κ2) is 8.33. The van der Waals surface area contributed by atoms with Crippen LogP contribution in [0, 0.1) is 11.3 Å². The predicted octanol–water partition coefficient (Wildman–Crippen LogP) is 1.84. The number of carbonyl (C=O) groups is 1. The van der Waals surface area contributed by atoms with E-state index in [4.69, 9.17) is 0 Å². The van der Waals surface area contributed by atoms with Crippen molar-refractivity contribution in [3.05, 3.63) is 12.7 Å². The second-order valence-electron chi connectivity index (χ2n) is 6.44. The van der Waals surface area contributed by atoms with E-state index in [1.807, 2.05) is 0 Å². The Kier molecular flexibility index (Phi) is 7.95. The lowest BCUT2D eigenvalue weighted by atomic mass is 9.83. The lowest BCUT2D eigenvalue weighted by molar-refractivity contribution is -0.116. The molecule has 4 heteroatoms. The van der Waals surface area contributed by atoms with Gasteiger partial charge in [-0.1, -0.05) is 27.4 Å². The number of hydrogen-bond donors (Lipinski definition) is 2. The molecule has 0 aliphatic heterocycles. The van der Waals surface area contributed by atoms with Crippen LogP contribution in [0.4, 0.5) is 0 Å². The zero-order valence-corrected chi connectivity index (χ0v) is 13.4. The van der Waals surface area contributed by atoms with Gasteiger partial charge in [0, 0.05) is 6.54 Å². The summed E-state index contributed by atoms with van der Waals surface area (Å²) >= 11 is 0. The van der Waals surface area contributed by atoms with E-state index < -0.39 is 0 Å². The lowest BCUT2D eigenvalue weighted by Gasteiger charge is -2.30. The van der Waals surface area contributed by atoms with Crippen molar-refractivity contribution < 1.29 is 4.79 Å². The average Bonchev–Trinajstić information content (AvgIpc) is 2.32. The Balaban J connectivity index is 4.04. The molecule has 1 amide bonds. The third-order valence-electron chi connectivity index (χ3n) is 3.36. The van der Waals surface area contributed by atoms with Gasteiger partial charge in [-0.2, -0.15) is 0 Å². The average molecular weight is 269 g/mol. The zero-order chi connectivity index (χ0) is 15.1. The summed E-state index contributed by atoms with van der Waals surface area (Å²) in [6.45, 7) is 13.9. The Morgan fingerprint density at radius 1 is 1.37 bits per heavy atom. The molecular formula is C15H31N3O. The van der Waals surface area contributed by atoms with Gasteiger partial charge in [-0.15, -0.1) is 0 Å². The smallest absolute Gasteiger partial charge is 0.243 e. The molecule has 19 heavy (non-hydrogen) atoms. The highest BCUT2D eigenvalue weighted by atomic mass is 16.1. The van der Waals surface area contributed by atoms with Crippen LogP contribution in [0.1, 0.15) is 34.1 Å². The van der Waals surface area contributed by atoms with Gasteiger partial charge >= 0.3 is 0 Å². The maximum absolute atomic E-state index is 11.2. The minimum absolute atomic E-state index is 0.0971. The maximum Gasteiger partial charge on any atom is 0.243 e. The van der Waals surface area contributed by atoms with Crippen LogP contribution in [-0.2, 0) is 4.79 Å². The van der Waals surface area contributed by atoms with E-state index in [0.717, 1.165) is 13.0 Å². The van der Waals surface area contributed by atoms with Crippen LogP contribution in [0.2, 0.25) is 0 Å². The molecule has 0 bridgehead atoms. The third-order valence-corrected chi connectivity index (χ3v) is 3.36. The predicted molar refractivity (Wildman–Crippen MR) is 81.9 cm³/mol. The van der Waals surface area contributed by atoms with Crippen molar-refractivity contribution in [1.82, 2.24) is 15.5 Å². The number of hydrogen-bond acceptors (Lipinski definition) is 3. The molecule has 0 rings (SSSR count). The molecule has 0 radical (unpaired) electrons. The Morgan fingerprint density at radius 2 is 1.95 bits per heavy atom. The van der Waals surface area contributed by atoms with Crippen molar-refractivity contribution in [2.45, 2.75) is 40.3 Å². The first-order valence-electron chi connectivity index (χ1n) is 6.98. The first kappa shape index (κ1) is 18.1. The van der Waals surface area contributed by atoms with Gasteiger partial charge in [0.1, 0.15) is 0 Å². The third kappa shape index (κ3) is 8.78. The standard InChI is InChI=1S/C15H31N3O/c1-8-14(19)17-11-15(4,5)9-12(2)10-16-13(3)18(6)7/h8,12-13,16H,1,9-11H2,2-7H3,(H,17,19). The molecule has 4 nitrogen and oxygen atoms in total. The minimum atomic E-state index is -0.0971. The van der Waals surface area contributed by atoms with E-state index in [1.54, 1.807) is 0 Å². The maximum atomic E-state index is 11.2. The van der Waals surface area contributed by atoms with Crippen molar-refractivity contribution in [2.24, 2.45) is 11.3 Å². The monoisotopic (exact) mass is 269 g/mol. The molecule has 112 valence electrons. The molecule has 2 unspecified atom stereocenters. The highest BCUT2D eigenvalue weighted by Gasteiger charge is 2.21.